The third kappa shape index (κ3) is 2.53. The lowest BCUT2D eigenvalue weighted by molar-refractivity contribution is -0.158. The first kappa shape index (κ1) is 13.3. The van der Waals surface area contributed by atoms with Crippen molar-refractivity contribution in [2.45, 2.75) is 13.0 Å². The van der Waals surface area contributed by atoms with E-state index in [4.69, 9.17) is 10.5 Å². The molecule has 8 heteroatoms. The first-order chi connectivity index (χ1) is 9.04. The molecular weight excluding hydrogens is 252 g/mol. The topological polar surface area (TPSA) is 111 Å². The fourth-order valence-electron chi connectivity index (χ4n) is 1.86. The highest BCUT2D eigenvalue weighted by Crippen LogP contribution is 2.17. The van der Waals surface area contributed by atoms with Gasteiger partial charge in [-0.2, -0.15) is 5.10 Å². The van der Waals surface area contributed by atoms with Gasteiger partial charge in [-0.3, -0.25) is 9.89 Å². The number of H-pyrrole nitrogens is 1. The molecule has 1 aliphatic heterocycles. The summed E-state index contributed by atoms with van der Waals surface area (Å²) in [6, 6.07) is 0. The number of morpholine rings is 1. The van der Waals surface area contributed by atoms with Crippen LogP contribution in [0, 0.1) is 6.92 Å². The maximum absolute atomic E-state index is 12.2. The van der Waals surface area contributed by atoms with Gasteiger partial charge in [-0.15, -0.1) is 0 Å². The lowest BCUT2D eigenvalue weighted by atomic mass is 10.2. The fourth-order valence-corrected chi connectivity index (χ4v) is 1.86. The van der Waals surface area contributed by atoms with Crippen LogP contribution in [0.4, 0.5) is 5.69 Å². The van der Waals surface area contributed by atoms with E-state index in [1.54, 1.807) is 6.92 Å². The standard InChI is InChI=1S/C11H16N4O4/c1-6-8(12)9(14-13-6)10(16)15-3-4-19-7(5-15)11(17)18-2/h7H,3-5,12H2,1-2H3,(H,13,14). The molecular formula is C11H16N4O4. The predicted molar refractivity (Wildman–Crippen MR) is 65.4 cm³/mol. The maximum atomic E-state index is 12.2. The summed E-state index contributed by atoms with van der Waals surface area (Å²) in [6.07, 6.45) is -0.760. The number of rotatable bonds is 2. The molecule has 0 aromatic carbocycles. The molecule has 0 aliphatic carbocycles. The molecule has 1 aromatic rings. The zero-order valence-corrected chi connectivity index (χ0v) is 10.8. The summed E-state index contributed by atoms with van der Waals surface area (Å²) in [5.74, 6) is -0.817. The molecule has 8 nitrogen and oxygen atoms in total. The summed E-state index contributed by atoms with van der Waals surface area (Å²) in [4.78, 5) is 25.1. The lowest BCUT2D eigenvalue weighted by Crippen LogP contribution is -2.49. The van der Waals surface area contributed by atoms with Crippen LogP contribution in [0.2, 0.25) is 0 Å². The van der Waals surface area contributed by atoms with E-state index in [1.807, 2.05) is 0 Å². The van der Waals surface area contributed by atoms with Gasteiger partial charge in [0.2, 0.25) is 0 Å². The predicted octanol–water partition coefficient (Wildman–Crippen LogP) is -0.686. The summed E-state index contributed by atoms with van der Waals surface area (Å²) in [5.41, 5.74) is 6.90. The van der Waals surface area contributed by atoms with E-state index in [1.165, 1.54) is 12.0 Å². The molecule has 1 aliphatic rings. The van der Waals surface area contributed by atoms with Gasteiger partial charge in [0.1, 0.15) is 0 Å². The summed E-state index contributed by atoms with van der Waals surface area (Å²) < 4.78 is 9.86. The average Bonchev–Trinajstić information content (AvgIpc) is 2.77. The van der Waals surface area contributed by atoms with E-state index in [-0.39, 0.29) is 24.8 Å². The maximum Gasteiger partial charge on any atom is 0.336 e. The number of amides is 1. The van der Waals surface area contributed by atoms with Crippen LogP contribution in [-0.4, -0.2) is 59.9 Å². The minimum absolute atomic E-state index is 0.136. The molecule has 0 radical (unpaired) electrons. The smallest absolute Gasteiger partial charge is 0.336 e. The van der Waals surface area contributed by atoms with E-state index in [0.717, 1.165) is 0 Å². The van der Waals surface area contributed by atoms with E-state index < -0.39 is 12.1 Å². The molecule has 1 fully saturated rings. The van der Waals surface area contributed by atoms with Crippen LogP contribution in [0.3, 0.4) is 0 Å². The minimum Gasteiger partial charge on any atom is -0.467 e. The Hall–Kier alpha value is -2.09. The quantitative estimate of drug-likeness (QED) is 0.687. The van der Waals surface area contributed by atoms with Crippen molar-refractivity contribution in [3.05, 3.63) is 11.4 Å². The summed E-state index contributed by atoms with van der Waals surface area (Å²) in [7, 11) is 1.28. The Morgan fingerprint density at radius 1 is 1.58 bits per heavy atom. The number of esters is 1. The largest absolute Gasteiger partial charge is 0.467 e. The molecule has 1 unspecified atom stereocenters. The molecule has 19 heavy (non-hydrogen) atoms. The molecule has 1 atom stereocenters. The third-order valence-electron chi connectivity index (χ3n) is 3.01. The van der Waals surface area contributed by atoms with Crippen molar-refractivity contribution in [2.24, 2.45) is 0 Å². The number of carbonyl (C=O) groups is 2. The number of nitrogens with one attached hydrogen (secondary N) is 1. The van der Waals surface area contributed by atoms with Gasteiger partial charge in [0.25, 0.3) is 5.91 Å². The molecule has 2 heterocycles. The van der Waals surface area contributed by atoms with Gasteiger partial charge in [0, 0.05) is 6.54 Å². The molecule has 1 amide bonds. The summed E-state index contributed by atoms with van der Waals surface area (Å²) >= 11 is 0. The number of carbonyl (C=O) groups excluding carboxylic acids is 2. The minimum atomic E-state index is -0.760. The van der Waals surface area contributed by atoms with Crippen molar-refractivity contribution in [1.29, 1.82) is 0 Å². The molecule has 0 spiro atoms. The van der Waals surface area contributed by atoms with E-state index >= 15 is 0 Å². The molecule has 2 rings (SSSR count). The van der Waals surface area contributed by atoms with Crippen LogP contribution in [-0.2, 0) is 14.3 Å². The SMILES string of the molecule is COC(=O)C1CN(C(=O)c2n[nH]c(C)c2N)CCO1. The summed E-state index contributed by atoms with van der Waals surface area (Å²) in [5, 5.41) is 6.54. The number of hydrogen-bond donors (Lipinski definition) is 2. The van der Waals surface area contributed by atoms with Crippen LogP contribution in [0.15, 0.2) is 0 Å². The van der Waals surface area contributed by atoms with E-state index in [0.29, 0.717) is 17.9 Å². The van der Waals surface area contributed by atoms with Crippen molar-refractivity contribution in [1.82, 2.24) is 15.1 Å². The Bertz CT molecular complexity index is 499. The highest BCUT2D eigenvalue weighted by molar-refractivity contribution is 5.98. The molecule has 0 saturated carbocycles. The number of aromatic amines is 1. The van der Waals surface area contributed by atoms with Crippen molar-refractivity contribution < 1.29 is 19.1 Å². The van der Waals surface area contributed by atoms with Gasteiger partial charge in [-0.25, -0.2) is 4.79 Å². The normalized spacial score (nSPS) is 19.3. The summed E-state index contributed by atoms with van der Waals surface area (Å²) in [6.45, 7) is 2.53. The molecule has 104 valence electrons. The average molecular weight is 268 g/mol. The number of anilines is 1. The molecule has 1 aromatic heterocycles. The van der Waals surface area contributed by atoms with Crippen molar-refractivity contribution in [3.8, 4) is 0 Å². The number of ether oxygens (including phenoxy) is 2. The van der Waals surface area contributed by atoms with Gasteiger partial charge in [-0.05, 0) is 6.92 Å². The highest BCUT2D eigenvalue weighted by atomic mass is 16.6. The van der Waals surface area contributed by atoms with Crippen molar-refractivity contribution >= 4 is 17.6 Å². The Morgan fingerprint density at radius 3 is 2.89 bits per heavy atom. The highest BCUT2D eigenvalue weighted by Gasteiger charge is 2.32. The number of aromatic nitrogens is 2. The van der Waals surface area contributed by atoms with Gasteiger partial charge in [0.05, 0.1) is 31.6 Å². The molecule has 1 saturated heterocycles. The van der Waals surface area contributed by atoms with Gasteiger partial charge < -0.3 is 20.1 Å². The van der Waals surface area contributed by atoms with Crippen molar-refractivity contribution in [3.63, 3.8) is 0 Å². The van der Waals surface area contributed by atoms with E-state index in [9.17, 15) is 9.59 Å². The Morgan fingerprint density at radius 2 is 2.32 bits per heavy atom. The zero-order valence-electron chi connectivity index (χ0n) is 10.8. The Kier molecular flexibility index (Phi) is 3.70. The second kappa shape index (κ2) is 5.27. The number of nitrogen functional groups attached to an aromatic ring is 1. The molecule has 3 N–H and O–H groups in total. The first-order valence-corrected chi connectivity index (χ1v) is 5.83. The van der Waals surface area contributed by atoms with Crippen LogP contribution < -0.4 is 5.73 Å². The van der Waals surface area contributed by atoms with Gasteiger partial charge >= 0.3 is 5.97 Å². The monoisotopic (exact) mass is 268 g/mol. The first-order valence-electron chi connectivity index (χ1n) is 5.83. The van der Waals surface area contributed by atoms with Gasteiger partial charge in [0.15, 0.2) is 11.8 Å². The van der Waals surface area contributed by atoms with E-state index in [2.05, 4.69) is 14.9 Å². The number of nitrogens with zero attached hydrogens (tertiary/aromatic N) is 2. The third-order valence-corrected chi connectivity index (χ3v) is 3.01. The number of nitrogens with two attached hydrogens (primary N) is 1. The second-order valence-electron chi connectivity index (χ2n) is 4.24. The molecule has 0 bridgehead atoms. The Balaban J connectivity index is 2.11. The number of methoxy groups -OCH3 is 1. The van der Waals surface area contributed by atoms with Crippen LogP contribution in [0.5, 0.6) is 0 Å². The lowest BCUT2D eigenvalue weighted by Gasteiger charge is -2.31. The van der Waals surface area contributed by atoms with Crippen LogP contribution in [0.1, 0.15) is 16.2 Å². The Labute approximate surface area is 109 Å². The number of aryl methyl sites for hydroxylation is 1. The second-order valence-corrected chi connectivity index (χ2v) is 4.24. The van der Waals surface area contributed by atoms with Crippen LogP contribution in [0.25, 0.3) is 0 Å². The van der Waals surface area contributed by atoms with Gasteiger partial charge in [-0.1, -0.05) is 0 Å². The van der Waals surface area contributed by atoms with Crippen molar-refractivity contribution in [2.75, 3.05) is 32.5 Å². The number of hydrogen-bond acceptors (Lipinski definition) is 6. The van der Waals surface area contributed by atoms with Crippen LogP contribution >= 0.6 is 0 Å². The zero-order chi connectivity index (χ0) is 14.0. The fraction of sp³-hybridized carbons (Fsp3) is 0.545.